The van der Waals surface area contributed by atoms with Crippen molar-refractivity contribution in [3.05, 3.63) is 0 Å². The zero-order valence-corrected chi connectivity index (χ0v) is 14.7. The van der Waals surface area contributed by atoms with Crippen LogP contribution in [0.1, 0.15) is 0 Å². The van der Waals surface area contributed by atoms with Gasteiger partial charge in [0.05, 0.1) is 0 Å². The molecule has 28 valence electrons. The maximum Gasteiger partial charge on any atom is 4.00 e. The first-order valence-corrected chi connectivity index (χ1v) is 0. The van der Waals surface area contributed by atoms with Crippen molar-refractivity contribution in [2.24, 2.45) is 0 Å². The molecule has 0 saturated carbocycles. The molecule has 0 radical (unpaired) electrons. The Morgan fingerprint density at radius 1 is 0.500 bits per heavy atom. The third-order valence-corrected chi connectivity index (χ3v) is 0. The van der Waals surface area contributed by atoms with Gasteiger partial charge in [-0.1, -0.05) is 0 Å². The molecule has 0 aliphatic rings. The van der Waals surface area contributed by atoms with Crippen LogP contribution in [0.15, 0.2) is 0 Å². The summed E-state index contributed by atoms with van der Waals surface area (Å²) in [6.45, 7) is 0. The molecule has 0 saturated heterocycles. The minimum atomic E-state index is 0. The van der Waals surface area contributed by atoms with Crippen LogP contribution in [0, 0.1) is 0 Å². The van der Waals surface area contributed by atoms with Gasteiger partial charge in [-0.2, -0.15) is 0 Å². The Balaban J connectivity index is 0. The van der Waals surface area contributed by atoms with Crippen molar-refractivity contribution >= 4 is 78.5 Å². The molecule has 0 fully saturated rings. The summed E-state index contributed by atoms with van der Waals surface area (Å²) in [6, 6.07) is 0. The van der Waals surface area contributed by atoms with Crippen LogP contribution >= 0.6 is 0 Å². The Bertz CT molecular complexity index is 8.75. The number of hydrogen-bond acceptors (Lipinski definition) is 0. The zero-order valence-electron chi connectivity index (χ0n) is 2.88. The van der Waals surface area contributed by atoms with Crippen LogP contribution in [0.2, 0.25) is 0 Å². The summed E-state index contributed by atoms with van der Waals surface area (Å²) in [7, 11) is 0. The number of hydrogen-bond donors (Lipinski definition) is 0. The summed E-state index contributed by atoms with van der Waals surface area (Å²) in [5, 5.41) is 0. The smallest absolute Gasteiger partial charge is 2.00 e. The van der Waals surface area contributed by atoms with E-state index in [1.54, 1.807) is 0 Å². The molecule has 3 nitrogen and oxygen atoms in total. The molecule has 0 aromatic rings. The van der Waals surface area contributed by atoms with Gasteiger partial charge in [-0.15, -0.1) is 0 Å². The minimum absolute atomic E-state index is 0. The summed E-state index contributed by atoms with van der Waals surface area (Å²) in [6.07, 6.45) is 0. The third-order valence-electron chi connectivity index (χ3n) is 0. The van der Waals surface area contributed by atoms with E-state index < -0.39 is 0 Å². The molecule has 0 atom stereocenters. The van der Waals surface area contributed by atoms with E-state index in [9.17, 15) is 0 Å². The molecular weight excluding hydrogens is 575 g/mol. The Morgan fingerprint density at radius 2 is 0.500 bits per heavy atom. The van der Waals surface area contributed by atoms with Gasteiger partial charge >= 0.3 is 78.5 Å². The van der Waals surface area contributed by atoms with Crippen LogP contribution < -0.4 is 0 Å². The molecule has 0 rings (SSSR count). The average molecular weight is 575 g/mol. The summed E-state index contributed by atoms with van der Waals surface area (Å²) < 4.78 is 0. The van der Waals surface area contributed by atoms with Crippen molar-refractivity contribution in [2.45, 2.75) is 0 Å². The molecule has 0 amide bonds. The predicted molar refractivity (Wildman–Crippen MR) is 19.3 cm³/mol. The zero-order chi connectivity index (χ0) is 0. The normalized spacial score (nSPS) is 0. The second-order valence-corrected chi connectivity index (χ2v) is 0. The molecule has 0 bridgehead atoms. The van der Waals surface area contributed by atoms with Crippen molar-refractivity contribution in [2.75, 3.05) is 0 Å². The van der Waals surface area contributed by atoms with Gasteiger partial charge in [0.15, 0.2) is 0 Å². The predicted octanol–water partition coefficient (Wildman–Crippen LogP) is -1.50. The van der Waals surface area contributed by atoms with Crippen LogP contribution in [0.4, 0.5) is 0 Å². The number of rotatable bonds is 0. The van der Waals surface area contributed by atoms with Crippen LogP contribution in [0.25, 0.3) is 0 Å². The monoisotopic (exact) mass is 578 g/mol. The van der Waals surface area contributed by atoms with Gasteiger partial charge < -0.3 is 16.4 Å². The van der Waals surface area contributed by atoms with Gasteiger partial charge in [0.25, 0.3) is 0 Å². The topological polar surface area (TPSA) is 85.5 Å². The van der Waals surface area contributed by atoms with Gasteiger partial charge in [0.2, 0.25) is 0 Å². The van der Waals surface area contributed by atoms with Crippen molar-refractivity contribution in [1.29, 1.82) is 0 Å². The molecule has 0 unspecified atom stereocenters. The van der Waals surface area contributed by atoms with Gasteiger partial charge in [0.1, 0.15) is 0 Å². The fraction of sp³-hybridized carbons (Fsp3) is 0. The van der Waals surface area contributed by atoms with Crippen molar-refractivity contribution in [1.82, 2.24) is 0 Å². The molecule has 0 heterocycles. The van der Waals surface area contributed by atoms with Crippen molar-refractivity contribution < 1.29 is 16.4 Å². The molecule has 6 heavy (non-hydrogen) atoms. The van der Waals surface area contributed by atoms with Crippen LogP contribution in [0.3, 0.4) is 0 Å². The summed E-state index contributed by atoms with van der Waals surface area (Å²) in [5.74, 6) is 0. The summed E-state index contributed by atoms with van der Waals surface area (Å²) >= 11 is 0. The van der Waals surface area contributed by atoms with Crippen LogP contribution in [-0.2, 0) is 16.4 Å². The van der Waals surface area contributed by atoms with Gasteiger partial charge in [0, 0.05) is 0 Å². The molecular formula is O3SnTl2. The quantitative estimate of drug-likeness (QED) is 0.315. The van der Waals surface area contributed by atoms with E-state index in [4.69, 9.17) is 0 Å². The molecule has 0 aromatic heterocycles. The fourth-order valence-corrected chi connectivity index (χ4v) is 0. The average Bonchev–Trinajstić information content (AvgIpc) is 0. The third kappa shape index (κ3) is 31.3. The Labute approximate surface area is 93.5 Å². The van der Waals surface area contributed by atoms with E-state index in [2.05, 4.69) is 0 Å². The van der Waals surface area contributed by atoms with Gasteiger partial charge in [-0.05, 0) is 0 Å². The maximum atomic E-state index is 0. The van der Waals surface area contributed by atoms with Crippen LogP contribution in [0.5, 0.6) is 0 Å². The van der Waals surface area contributed by atoms with Crippen LogP contribution in [-0.4, -0.2) is 78.5 Å². The van der Waals surface area contributed by atoms with E-state index >= 15 is 0 Å². The van der Waals surface area contributed by atoms with E-state index in [1.807, 2.05) is 0 Å². The second-order valence-electron chi connectivity index (χ2n) is 0. The molecule has 0 N–H and O–H groups in total. The minimum Gasteiger partial charge on any atom is -2.00 e. The fourth-order valence-electron chi connectivity index (χ4n) is 0. The summed E-state index contributed by atoms with van der Waals surface area (Å²) in [5.41, 5.74) is 0. The van der Waals surface area contributed by atoms with Crippen molar-refractivity contribution in [3.63, 3.8) is 0 Å². The van der Waals surface area contributed by atoms with Gasteiger partial charge in [-0.3, -0.25) is 0 Å². The van der Waals surface area contributed by atoms with E-state index in [1.165, 1.54) is 0 Å². The Hall–Kier alpha value is 2.52. The molecule has 0 aliphatic carbocycles. The van der Waals surface area contributed by atoms with E-state index in [0.717, 1.165) is 0 Å². The molecule has 0 aromatic carbocycles. The SMILES string of the molecule is [O-2].[O-2].[O-2].[Sn+4].[Tl+].[Tl+]. The summed E-state index contributed by atoms with van der Waals surface area (Å²) in [4.78, 5) is 0. The van der Waals surface area contributed by atoms with Crippen molar-refractivity contribution in [3.8, 4) is 0 Å². The molecule has 0 aliphatic heterocycles. The Kier molecular flexibility index (Phi) is 635. The standard InChI is InChI=1S/3O.Sn.2Tl/q3*-2;+4;2*+1. The first-order chi connectivity index (χ1) is 0. The largest absolute Gasteiger partial charge is 4.00 e. The molecule has 0 spiro atoms. The maximum absolute atomic E-state index is 0. The molecule has 6 heteroatoms. The Morgan fingerprint density at radius 3 is 0.500 bits per heavy atom. The first-order valence-electron chi connectivity index (χ1n) is 0. The first kappa shape index (κ1) is 75.8. The van der Waals surface area contributed by atoms with E-state index in [-0.39, 0.29) is 94.9 Å². The van der Waals surface area contributed by atoms with E-state index in [0.29, 0.717) is 0 Å². The second kappa shape index (κ2) is 50.3. The van der Waals surface area contributed by atoms with Gasteiger partial charge in [-0.25, -0.2) is 0 Å².